The Balaban J connectivity index is 1.67. The van der Waals surface area contributed by atoms with Crippen LogP contribution in [0.2, 0.25) is 0 Å². The lowest BCUT2D eigenvalue weighted by Crippen LogP contribution is -2.32. The molecule has 0 saturated heterocycles. The third kappa shape index (κ3) is 7.67. The van der Waals surface area contributed by atoms with E-state index in [1.54, 1.807) is 20.2 Å². The van der Waals surface area contributed by atoms with Gasteiger partial charge in [0.2, 0.25) is 5.91 Å². The molecule has 190 valence electrons. The van der Waals surface area contributed by atoms with Gasteiger partial charge >= 0.3 is 5.97 Å². The molecule has 9 nitrogen and oxygen atoms in total. The van der Waals surface area contributed by atoms with Crippen molar-refractivity contribution in [3.63, 3.8) is 0 Å². The van der Waals surface area contributed by atoms with Crippen molar-refractivity contribution in [2.45, 2.75) is 13.8 Å². The maximum Gasteiger partial charge on any atom is 0.325 e. The van der Waals surface area contributed by atoms with Gasteiger partial charge in [0.1, 0.15) is 24.4 Å². The Bertz CT molecular complexity index is 1250. The van der Waals surface area contributed by atoms with E-state index in [1.807, 2.05) is 50.2 Å². The van der Waals surface area contributed by atoms with Gasteiger partial charge in [0.15, 0.2) is 0 Å². The molecule has 0 aliphatic rings. The van der Waals surface area contributed by atoms with Crippen LogP contribution in [0.5, 0.6) is 5.75 Å². The number of carbonyl (C=O) groups excluding carboxylic acids is 2. The first-order valence-electron chi connectivity index (χ1n) is 11.4. The summed E-state index contributed by atoms with van der Waals surface area (Å²) in [5.41, 5.74) is 2.33. The second-order valence-electron chi connectivity index (χ2n) is 8.48. The van der Waals surface area contributed by atoms with Crippen LogP contribution in [0.3, 0.4) is 0 Å². The number of halogens is 1. The number of benzene rings is 2. The molecular formula is C26H30BrN5O4. The standard InChI is InChI=1S/C26H30BrN5O4/c1-17(2)15-36-25(34)14-32(3)24(33)9-6-10-28-22-12-20-21(13-23(22)35-4)29-16-30-26(20)31-19-8-5-7-18(27)11-19/h5-9,11-13,16-17,28H,10,14-15H2,1-4H3,(H,29,30,31). The summed E-state index contributed by atoms with van der Waals surface area (Å²) < 4.78 is 11.6. The number of fused-ring (bicyclic) bond motifs is 1. The number of ether oxygens (including phenoxy) is 2. The van der Waals surface area contributed by atoms with Gasteiger partial charge in [-0.25, -0.2) is 9.97 Å². The highest BCUT2D eigenvalue weighted by Crippen LogP contribution is 2.33. The molecule has 1 heterocycles. The van der Waals surface area contributed by atoms with Gasteiger partial charge in [-0.3, -0.25) is 9.59 Å². The molecule has 3 aromatic rings. The number of hydrogen-bond donors (Lipinski definition) is 2. The third-order valence-electron chi connectivity index (χ3n) is 5.03. The Labute approximate surface area is 219 Å². The van der Waals surface area contributed by atoms with Gasteiger partial charge in [0.05, 0.1) is 24.9 Å². The summed E-state index contributed by atoms with van der Waals surface area (Å²) >= 11 is 3.48. The smallest absolute Gasteiger partial charge is 0.325 e. The Morgan fingerprint density at radius 2 is 2.00 bits per heavy atom. The molecule has 0 radical (unpaired) electrons. The van der Waals surface area contributed by atoms with Crippen LogP contribution in [0.25, 0.3) is 10.9 Å². The van der Waals surface area contributed by atoms with Gasteiger partial charge in [-0.1, -0.05) is 41.9 Å². The van der Waals surface area contributed by atoms with Crippen molar-refractivity contribution >= 4 is 55.9 Å². The van der Waals surface area contributed by atoms with Crippen LogP contribution in [0.4, 0.5) is 17.2 Å². The lowest BCUT2D eigenvalue weighted by atomic mass is 10.2. The van der Waals surface area contributed by atoms with Crippen LogP contribution in [0.1, 0.15) is 13.8 Å². The maximum absolute atomic E-state index is 12.3. The van der Waals surface area contributed by atoms with E-state index in [1.165, 1.54) is 17.3 Å². The van der Waals surface area contributed by atoms with Crippen LogP contribution in [0.15, 0.2) is 59.4 Å². The molecule has 10 heteroatoms. The number of carbonyl (C=O) groups is 2. The number of rotatable bonds is 11. The van der Waals surface area contributed by atoms with Gasteiger partial charge in [0.25, 0.3) is 0 Å². The van der Waals surface area contributed by atoms with Crippen molar-refractivity contribution in [1.82, 2.24) is 14.9 Å². The number of esters is 1. The number of aromatic nitrogens is 2. The largest absolute Gasteiger partial charge is 0.495 e. The first-order chi connectivity index (χ1) is 17.3. The molecule has 0 unspecified atom stereocenters. The number of nitrogens with one attached hydrogen (secondary N) is 2. The van der Waals surface area contributed by atoms with E-state index in [-0.39, 0.29) is 18.4 Å². The molecular weight excluding hydrogens is 526 g/mol. The summed E-state index contributed by atoms with van der Waals surface area (Å²) in [7, 11) is 3.14. The molecule has 0 fully saturated rings. The minimum atomic E-state index is -0.429. The van der Waals surface area contributed by atoms with E-state index in [0.29, 0.717) is 24.7 Å². The molecule has 2 N–H and O–H groups in total. The highest BCUT2D eigenvalue weighted by atomic mass is 79.9. The number of methoxy groups -OCH3 is 1. The Kier molecular flexibility index (Phi) is 9.63. The minimum absolute atomic E-state index is 0.102. The molecule has 0 aliphatic carbocycles. The van der Waals surface area contributed by atoms with E-state index in [0.717, 1.165) is 26.8 Å². The fraction of sp³-hybridized carbons (Fsp3) is 0.308. The molecule has 0 atom stereocenters. The maximum atomic E-state index is 12.3. The second kappa shape index (κ2) is 12.9. The van der Waals surface area contributed by atoms with Crippen molar-refractivity contribution in [2.24, 2.45) is 5.92 Å². The Morgan fingerprint density at radius 3 is 2.72 bits per heavy atom. The molecule has 3 rings (SSSR count). The zero-order chi connectivity index (χ0) is 26.1. The molecule has 0 saturated carbocycles. The number of nitrogens with zero attached hydrogens (tertiary/aromatic N) is 3. The molecule has 0 bridgehead atoms. The number of amides is 1. The third-order valence-corrected chi connectivity index (χ3v) is 5.53. The van der Waals surface area contributed by atoms with E-state index in [4.69, 9.17) is 9.47 Å². The van der Waals surface area contributed by atoms with Gasteiger partial charge in [-0.2, -0.15) is 0 Å². The molecule has 0 aliphatic heterocycles. The molecule has 2 aromatic carbocycles. The fourth-order valence-electron chi connectivity index (χ4n) is 3.23. The van der Waals surface area contributed by atoms with Gasteiger partial charge in [-0.05, 0) is 30.2 Å². The van der Waals surface area contributed by atoms with Crippen LogP contribution in [-0.4, -0.2) is 60.6 Å². The normalized spacial score (nSPS) is 11.1. The zero-order valence-electron chi connectivity index (χ0n) is 20.7. The number of hydrogen-bond acceptors (Lipinski definition) is 8. The molecule has 0 spiro atoms. The summed E-state index contributed by atoms with van der Waals surface area (Å²) in [5.74, 6) is 0.783. The van der Waals surface area contributed by atoms with Crippen molar-refractivity contribution < 1.29 is 19.1 Å². The summed E-state index contributed by atoms with van der Waals surface area (Å²) in [6, 6.07) is 11.5. The van der Waals surface area contributed by atoms with Crippen molar-refractivity contribution in [3.8, 4) is 5.75 Å². The summed E-state index contributed by atoms with van der Waals surface area (Å²) in [5, 5.41) is 7.39. The minimum Gasteiger partial charge on any atom is -0.495 e. The highest BCUT2D eigenvalue weighted by molar-refractivity contribution is 9.10. The van der Waals surface area contributed by atoms with Crippen LogP contribution in [0, 0.1) is 5.92 Å². The van der Waals surface area contributed by atoms with E-state index >= 15 is 0 Å². The predicted molar refractivity (Wildman–Crippen MR) is 145 cm³/mol. The molecule has 36 heavy (non-hydrogen) atoms. The lowest BCUT2D eigenvalue weighted by Gasteiger charge is -2.15. The fourth-order valence-corrected chi connectivity index (χ4v) is 3.63. The van der Waals surface area contributed by atoms with Crippen molar-refractivity contribution in [3.05, 3.63) is 59.4 Å². The van der Waals surface area contributed by atoms with Crippen molar-refractivity contribution in [1.29, 1.82) is 0 Å². The van der Waals surface area contributed by atoms with Gasteiger partial charge < -0.3 is 25.0 Å². The average Bonchev–Trinajstić information content (AvgIpc) is 2.85. The number of likely N-dealkylation sites (N-methyl/N-ethyl adjacent to an activating group) is 1. The first-order valence-corrected chi connectivity index (χ1v) is 12.2. The summed E-state index contributed by atoms with van der Waals surface area (Å²) in [6.45, 7) is 4.50. The van der Waals surface area contributed by atoms with Crippen molar-refractivity contribution in [2.75, 3.05) is 44.5 Å². The molecule has 1 amide bonds. The monoisotopic (exact) mass is 555 g/mol. The summed E-state index contributed by atoms with van der Waals surface area (Å²) in [4.78, 5) is 34.2. The SMILES string of the molecule is COc1cc2ncnc(Nc3cccc(Br)c3)c2cc1NCC=CC(=O)N(C)CC(=O)OCC(C)C. The van der Waals surface area contributed by atoms with Gasteiger partial charge in [0, 0.05) is 41.3 Å². The Morgan fingerprint density at radius 1 is 1.19 bits per heavy atom. The van der Waals surface area contributed by atoms with E-state index in [2.05, 4.69) is 36.5 Å². The second-order valence-corrected chi connectivity index (χ2v) is 9.40. The lowest BCUT2D eigenvalue weighted by molar-refractivity contribution is -0.148. The average molecular weight is 556 g/mol. The summed E-state index contributed by atoms with van der Waals surface area (Å²) in [6.07, 6.45) is 4.60. The first kappa shape index (κ1) is 26.9. The van der Waals surface area contributed by atoms with Crippen LogP contribution in [-0.2, 0) is 14.3 Å². The molecule has 1 aromatic heterocycles. The Hall–Kier alpha value is -3.66. The van der Waals surface area contributed by atoms with E-state index < -0.39 is 5.97 Å². The zero-order valence-corrected chi connectivity index (χ0v) is 22.3. The topological polar surface area (TPSA) is 106 Å². The highest BCUT2D eigenvalue weighted by Gasteiger charge is 2.13. The van der Waals surface area contributed by atoms with Gasteiger partial charge in [-0.15, -0.1) is 0 Å². The number of anilines is 3. The predicted octanol–water partition coefficient (Wildman–Crippen LogP) is 4.77. The van der Waals surface area contributed by atoms with E-state index in [9.17, 15) is 9.59 Å². The quantitative estimate of drug-likeness (QED) is 0.257. The van der Waals surface area contributed by atoms with Crippen LogP contribution >= 0.6 is 15.9 Å². The van der Waals surface area contributed by atoms with Crippen LogP contribution < -0.4 is 15.4 Å².